The fraction of sp³-hybridized carbons (Fsp3) is 0.143. The molecule has 0 bridgehead atoms. The predicted molar refractivity (Wildman–Crippen MR) is 157 cm³/mol. The third-order valence-corrected chi connectivity index (χ3v) is 8.87. The van der Waals surface area contributed by atoms with Crippen molar-refractivity contribution in [1.82, 2.24) is 0 Å². The molecule has 0 radical (unpaired) electrons. The molecule has 0 aromatic heterocycles. The summed E-state index contributed by atoms with van der Waals surface area (Å²) in [7, 11) is 0. The van der Waals surface area contributed by atoms with Gasteiger partial charge in [0.15, 0.2) is 0 Å². The summed E-state index contributed by atoms with van der Waals surface area (Å²) in [6, 6.07) is 20.1. The summed E-state index contributed by atoms with van der Waals surface area (Å²) in [5.74, 6) is -0.186. The van der Waals surface area contributed by atoms with Gasteiger partial charge in [0.25, 0.3) is 0 Å². The smallest absolute Gasteiger partial charge is 0.324 e. The second-order valence-corrected chi connectivity index (χ2v) is 12.0. The van der Waals surface area contributed by atoms with Gasteiger partial charge in [0.1, 0.15) is 0 Å². The molecule has 2 N–H and O–H groups in total. The van der Waals surface area contributed by atoms with E-state index in [4.69, 9.17) is 23.2 Å². The lowest BCUT2D eigenvalue weighted by atomic mass is 10.1. The average Bonchev–Trinajstić information content (AvgIpc) is 2.89. The van der Waals surface area contributed by atoms with Gasteiger partial charge in [0.2, 0.25) is 5.91 Å². The number of hydrogen-bond acceptors (Lipinski definition) is 4. The van der Waals surface area contributed by atoms with E-state index >= 15 is 0 Å². The van der Waals surface area contributed by atoms with E-state index in [1.165, 1.54) is 11.8 Å². The Labute approximate surface area is 234 Å². The van der Waals surface area contributed by atoms with Crippen molar-refractivity contribution in [2.75, 3.05) is 15.5 Å². The minimum absolute atomic E-state index is 0.0779. The minimum atomic E-state index is -0.399. The van der Waals surface area contributed by atoms with Crippen LogP contribution in [0.5, 0.6) is 0 Å². The highest BCUT2D eigenvalue weighted by atomic mass is 35.5. The first-order valence-corrected chi connectivity index (χ1v) is 14.1. The van der Waals surface area contributed by atoms with E-state index in [9.17, 15) is 9.59 Å². The first-order chi connectivity index (χ1) is 17.9. The summed E-state index contributed by atoms with van der Waals surface area (Å²) in [5.41, 5.74) is 2.06. The molecule has 5 nitrogen and oxygen atoms in total. The second-order valence-electron chi connectivity index (χ2n) is 8.51. The molecule has 5 rings (SSSR count). The predicted octanol–water partition coefficient (Wildman–Crippen LogP) is 8.12. The lowest BCUT2D eigenvalue weighted by Gasteiger charge is -2.40. The molecule has 2 aliphatic rings. The Kier molecular flexibility index (Phi) is 7.86. The summed E-state index contributed by atoms with van der Waals surface area (Å²) < 4.78 is 0. The molecule has 0 saturated carbocycles. The van der Waals surface area contributed by atoms with Crippen molar-refractivity contribution >= 4 is 75.7 Å². The lowest BCUT2D eigenvalue weighted by molar-refractivity contribution is -0.115. The highest BCUT2D eigenvalue weighted by Gasteiger charge is 2.36. The third kappa shape index (κ3) is 5.85. The zero-order valence-corrected chi connectivity index (χ0v) is 22.9. The third-order valence-electron chi connectivity index (χ3n) is 5.92. The standard InChI is InChI=1S/C28H23Cl2N3O2S2/c1-17(27(34)32-22-14-13-18(29)15-21(22)30)36-20-8-6-7-19(16-20)31-28(35)33-23-9-2-4-11-25(23)37-26-12-5-3-10-24(26)33/h2-17,23,25H,1H3,(H,31,35)(H,32,34). The highest BCUT2D eigenvalue weighted by molar-refractivity contribution is 8.00. The molecular weight excluding hydrogens is 545 g/mol. The average molecular weight is 569 g/mol. The van der Waals surface area contributed by atoms with Gasteiger partial charge >= 0.3 is 6.03 Å². The van der Waals surface area contributed by atoms with Crippen LogP contribution in [0, 0.1) is 0 Å². The summed E-state index contributed by atoms with van der Waals surface area (Å²) in [6.07, 6.45) is 8.20. The van der Waals surface area contributed by atoms with Crippen molar-refractivity contribution in [1.29, 1.82) is 0 Å². The van der Waals surface area contributed by atoms with E-state index in [0.29, 0.717) is 21.4 Å². The number of allylic oxidation sites excluding steroid dienone is 2. The zero-order valence-electron chi connectivity index (χ0n) is 19.7. The van der Waals surface area contributed by atoms with Crippen LogP contribution in [0.15, 0.2) is 101 Å². The molecule has 3 atom stereocenters. The molecule has 37 heavy (non-hydrogen) atoms. The molecule has 188 valence electrons. The van der Waals surface area contributed by atoms with Crippen LogP contribution in [0.1, 0.15) is 6.92 Å². The number of halogens is 2. The summed E-state index contributed by atoms with van der Waals surface area (Å²) >= 11 is 15.3. The summed E-state index contributed by atoms with van der Waals surface area (Å²) in [5, 5.41) is 6.54. The first kappa shape index (κ1) is 25.8. The van der Waals surface area contributed by atoms with Gasteiger partial charge in [0, 0.05) is 20.5 Å². The van der Waals surface area contributed by atoms with E-state index in [1.54, 1.807) is 30.0 Å². The Bertz CT molecular complexity index is 1410. The molecule has 3 aromatic rings. The number of hydrogen-bond donors (Lipinski definition) is 2. The minimum Gasteiger partial charge on any atom is -0.324 e. The van der Waals surface area contributed by atoms with Gasteiger partial charge < -0.3 is 10.6 Å². The normalized spacial score (nSPS) is 18.5. The topological polar surface area (TPSA) is 61.4 Å². The maximum Gasteiger partial charge on any atom is 0.326 e. The van der Waals surface area contributed by atoms with Gasteiger partial charge in [-0.05, 0) is 55.5 Å². The SMILES string of the molecule is CC(Sc1cccc(NC(=O)N2c3ccccc3SC3C=CC=CC32)c1)C(=O)Nc1ccc(Cl)cc1Cl. The Hall–Kier alpha value is -2.84. The summed E-state index contributed by atoms with van der Waals surface area (Å²) in [6.45, 7) is 1.82. The van der Waals surface area contributed by atoms with Crippen molar-refractivity contribution < 1.29 is 9.59 Å². The lowest BCUT2D eigenvalue weighted by Crippen LogP contribution is -2.49. The maximum atomic E-state index is 13.5. The van der Waals surface area contributed by atoms with Gasteiger partial charge in [-0.1, -0.05) is 65.7 Å². The Morgan fingerprint density at radius 1 is 0.973 bits per heavy atom. The Morgan fingerprint density at radius 3 is 2.62 bits per heavy atom. The number of benzene rings is 3. The molecule has 1 heterocycles. The first-order valence-electron chi connectivity index (χ1n) is 11.6. The number of nitrogens with zero attached hydrogens (tertiary/aromatic N) is 1. The number of carbonyl (C=O) groups is 2. The monoisotopic (exact) mass is 567 g/mol. The van der Waals surface area contributed by atoms with Gasteiger partial charge in [0.05, 0.1) is 32.9 Å². The fourth-order valence-corrected chi connectivity index (χ4v) is 6.78. The number of urea groups is 1. The van der Waals surface area contributed by atoms with Gasteiger partial charge in [-0.3, -0.25) is 9.69 Å². The molecule has 0 saturated heterocycles. The Morgan fingerprint density at radius 2 is 1.78 bits per heavy atom. The molecule has 0 fully saturated rings. The second kappa shape index (κ2) is 11.3. The molecule has 1 aliphatic carbocycles. The van der Waals surface area contributed by atoms with Gasteiger partial charge in [-0.25, -0.2) is 4.79 Å². The van der Waals surface area contributed by atoms with Crippen molar-refractivity contribution in [2.45, 2.75) is 33.3 Å². The van der Waals surface area contributed by atoms with E-state index in [1.807, 2.05) is 72.5 Å². The number of fused-ring (bicyclic) bond motifs is 2. The van der Waals surface area contributed by atoms with Crippen molar-refractivity contribution in [3.05, 3.63) is 101 Å². The van der Waals surface area contributed by atoms with Crippen LogP contribution in [0.3, 0.4) is 0 Å². The van der Waals surface area contributed by atoms with E-state index < -0.39 is 5.25 Å². The number of thioether (sulfide) groups is 2. The number of para-hydroxylation sites is 1. The quantitative estimate of drug-likeness (QED) is 0.305. The number of carbonyl (C=O) groups excluding carboxylic acids is 2. The van der Waals surface area contributed by atoms with Crippen LogP contribution >= 0.6 is 46.7 Å². The molecule has 1 aliphatic heterocycles. The van der Waals surface area contributed by atoms with Crippen molar-refractivity contribution in [3.63, 3.8) is 0 Å². The van der Waals surface area contributed by atoms with Crippen LogP contribution in [-0.2, 0) is 4.79 Å². The number of anilines is 3. The number of nitrogens with one attached hydrogen (secondary N) is 2. The van der Waals surface area contributed by atoms with E-state index in [0.717, 1.165) is 15.5 Å². The number of amides is 3. The van der Waals surface area contributed by atoms with Crippen molar-refractivity contribution in [2.24, 2.45) is 0 Å². The number of rotatable bonds is 5. The van der Waals surface area contributed by atoms with Crippen molar-refractivity contribution in [3.8, 4) is 0 Å². The van der Waals surface area contributed by atoms with E-state index in [2.05, 4.69) is 22.8 Å². The molecule has 9 heteroatoms. The molecular formula is C28H23Cl2N3O2S2. The fourth-order valence-electron chi connectivity index (χ4n) is 4.14. The maximum absolute atomic E-state index is 13.5. The van der Waals surface area contributed by atoms with E-state index in [-0.39, 0.29) is 23.2 Å². The van der Waals surface area contributed by atoms with Crippen LogP contribution in [0.4, 0.5) is 21.9 Å². The zero-order chi connectivity index (χ0) is 25.9. The largest absolute Gasteiger partial charge is 0.326 e. The molecule has 3 amide bonds. The van der Waals surface area contributed by atoms with Crippen LogP contribution in [-0.4, -0.2) is 28.5 Å². The highest BCUT2D eigenvalue weighted by Crippen LogP contribution is 2.43. The van der Waals surface area contributed by atoms with Gasteiger partial charge in [-0.2, -0.15) is 0 Å². The van der Waals surface area contributed by atoms with Crippen LogP contribution in [0.2, 0.25) is 10.0 Å². The molecule has 3 aromatic carbocycles. The van der Waals surface area contributed by atoms with Crippen LogP contribution in [0.25, 0.3) is 0 Å². The Balaban J connectivity index is 1.28. The summed E-state index contributed by atoms with van der Waals surface area (Å²) in [4.78, 5) is 30.1. The molecule has 0 spiro atoms. The molecule has 3 unspecified atom stereocenters. The van der Waals surface area contributed by atoms with Gasteiger partial charge in [-0.15, -0.1) is 23.5 Å². The van der Waals surface area contributed by atoms with Crippen LogP contribution < -0.4 is 15.5 Å².